The summed E-state index contributed by atoms with van der Waals surface area (Å²) in [6.45, 7) is 0. The summed E-state index contributed by atoms with van der Waals surface area (Å²) in [5.74, 6) is -0.108. The SMILES string of the molecule is O=c1[nH]c2ccccc2nc1C=C(O)c1cc(Br)c(O)c(Br)c1. The molecule has 0 aliphatic heterocycles. The Morgan fingerprint density at radius 1 is 1.17 bits per heavy atom. The van der Waals surface area contributed by atoms with Crippen molar-refractivity contribution in [1.29, 1.82) is 0 Å². The summed E-state index contributed by atoms with van der Waals surface area (Å²) < 4.78 is 0.837. The van der Waals surface area contributed by atoms with Crippen molar-refractivity contribution in [3.8, 4) is 5.75 Å². The second-order valence-electron chi connectivity index (χ2n) is 4.79. The van der Waals surface area contributed by atoms with Crippen molar-refractivity contribution >= 4 is 54.7 Å². The van der Waals surface area contributed by atoms with Crippen molar-refractivity contribution in [3.05, 3.63) is 67.0 Å². The first-order valence-electron chi connectivity index (χ1n) is 6.54. The predicted octanol–water partition coefficient (Wildman–Crippen LogP) is 4.21. The number of H-pyrrole nitrogens is 1. The van der Waals surface area contributed by atoms with Crippen molar-refractivity contribution in [3.63, 3.8) is 0 Å². The number of fused-ring (bicyclic) bond motifs is 1. The molecular formula is C16H10Br2N2O3. The zero-order chi connectivity index (χ0) is 16.6. The molecular weight excluding hydrogens is 428 g/mol. The van der Waals surface area contributed by atoms with Crippen molar-refractivity contribution in [2.24, 2.45) is 0 Å². The number of aliphatic hydroxyl groups excluding tert-OH is 1. The van der Waals surface area contributed by atoms with Gasteiger partial charge in [-0.05, 0) is 56.1 Å². The van der Waals surface area contributed by atoms with Gasteiger partial charge in [-0.3, -0.25) is 4.79 Å². The van der Waals surface area contributed by atoms with E-state index in [2.05, 4.69) is 41.8 Å². The maximum absolute atomic E-state index is 12.1. The first-order chi connectivity index (χ1) is 11.0. The number of hydrogen-bond acceptors (Lipinski definition) is 4. The topological polar surface area (TPSA) is 86.2 Å². The molecule has 0 aliphatic rings. The molecule has 0 fully saturated rings. The third-order valence-electron chi connectivity index (χ3n) is 3.21. The van der Waals surface area contributed by atoms with Gasteiger partial charge < -0.3 is 15.2 Å². The summed E-state index contributed by atoms with van der Waals surface area (Å²) in [6.07, 6.45) is 1.29. The number of aromatic amines is 1. The van der Waals surface area contributed by atoms with E-state index in [4.69, 9.17) is 0 Å². The predicted molar refractivity (Wildman–Crippen MR) is 96.4 cm³/mol. The molecule has 7 heteroatoms. The van der Waals surface area contributed by atoms with Crippen molar-refractivity contribution in [1.82, 2.24) is 9.97 Å². The van der Waals surface area contributed by atoms with Crippen LogP contribution in [0.2, 0.25) is 0 Å². The number of halogens is 2. The molecule has 0 aliphatic carbocycles. The second kappa shape index (κ2) is 6.17. The molecule has 1 aromatic heterocycles. The maximum atomic E-state index is 12.1. The van der Waals surface area contributed by atoms with Gasteiger partial charge in [0.15, 0.2) is 0 Å². The highest BCUT2D eigenvalue weighted by molar-refractivity contribution is 9.11. The number of aromatic hydroxyl groups is 1. The zero-order valence-corrected chi connectivity index (χ0v) is 14.7. The monoisotopic (exact) mass is 436 g/mol. The lowest BCUT2D eigenvalue weighted by molar-refractivity contribution is 0.468. The van der Waals surface area contributed by atoms with Crippen LogP contribution < -0.4 is 5.56 Å². The molecule has 0 atom stereocenters. The van der Waals surface area contributed by atoms with E-state index in [0.717, 1.165) is 0 Å². The van der Waals surface area contributed by atoms with Crippen LogP contribution in [0.5, 0.6) is 5.75 Å². The minimum atomic E-state index is -0.396. The van der Waals surface area contributed by atoms with E-state index in [-0.39, 0.29) is 17.2 Å². The molecule has 0 amide bonds. The van der Waals surface area contributed by atoms with E-state index in [1.165, 1.54) is 6.08 Å². The number of aromatic nitrogens is 2. The van der Waals surface area contributed by atoms with Crippen LogP contribution in [0.25, 0.3) is 22.9 Å². The van der Waals surface area contributed by atoms with Gasteiger partial charge in [-0.25, -0.2) is 4.98 Å². The van der Waals surface area contributed by atoms with Crippen molar-refractivity contribution in [2.75, 3.05) is 0 Å². The van der Waals surface area contributed by atoms with Gasteiger partial charge in [0.2, 0.25) is 0 Å². The number of para-hydroxylation sites is 2. The fourth-order valence-electron chi connectivity index (χ4n) is 2.07. The van der Waals surface area contributed by atoms with E-state index in [0.29, 0.717) is 25.5 Å². The van der Waals surface area contributed by atoms with Gasteiger partial charge in [-0.1, -0.05) is 12.1 Å². The number of phenolic OH excluding ortho intramolecular Hbond substituents is 1. The molecule has 3 aromatic rings. The molecule has 0 unspecified atom stereocenters. The van der Waals surface area contributed by atoms with Crippen LogP contribution in [0.4, 0.5) is 0 Å². The van der Waals surface area contributed by atoms with Crippen molar-refractivity contribution < 1.29 is 10.2 Å². The Balaban J connectivity index is 2.11. The molecule has 3 N–H and O–H groups in total. The molecule has 3 rings (SSSR count). The summed E-state index contributed by atoms with van der Waals surface area (Å²) in [7, 11) is 0. The van der Waals surface area contributed by atoms with Crippen LogP contribution in [0.3, 0.4) is 0 Å². The average molecular weight is 438 g/mol. The van der Waals surface area contributed by atoms with E-state index in [1.54, 1.807) is 30.3 Å². The summed E-state index contributed by atoms with van der Waals surface area (Å²) in [4.78, 5) is 19.0. The van der Waals surface area contributed by atoms with Gasteiger partial charge in [-0.2, -0.15) is 0 Å². The van der Waals surface area contributed by atoms with Crippen LogP contribution in [0.1, 0.15) is 11.3 Å². The zero-order valence-electron chi connectivity index (χ0n) is 11.5. The molecule has 0 saturated heterocycles. The Hall–Kier alpha value is -2.12. The Kier molecular flexibility index (Phi) is 4.23. The minimum Gasteiger partial charge on any atom is -0.507 e. The highest BCUT2D eigenvalue weighted by atomic mass is 79.9. The summed E-state index contributed by atoms with van der Waals surface area (Å²) in [5.41, 5.74) is 1.38. The third kappa shape index (κ3) is 3.16. The third-order valence-corrected chi connectivity index (χ3v) is 4.42. The normalized spacial score (nSPS) is 11.8. The van der Waals surface area contributed by atoms with Gasteiger partial charge in [0.1, 0.15) is 17.2 Å². The minimum absolute atomic E-state index is 0.0308. The molecule has 0 bridgehead atoms. The van der Waals surface area contributed by atoms with Gasteiger partial charge in [-0.15, -0.1) is 0 Å². The standard InChI is InChI=1S/C16H10Br2N2O3/c17-9-5-8(6-10(18)15(9)22)14(21)7-13-16(23)20-12-4-2-1-3-11(12)19-13/h1-7,21-22H,(H,20,23). The smallest absolute Gasteiger partial charge is 0.274 e. The van der Waals surface area contributed by atoms with E-state index < -0.39 is 5.56 Å². The molecule has 0 radical (unpaired) electrons. The molecule has 0 saturated carbocycles. The molecule has 1 heterocycles. The lowest BCUT2D eigenvalue weighted by atomic mass is 10.1. The molecule has 23 heavy (non-hydrogen) atoms. The first-order valence-corrected chi connectivity index (χ1v) is 8.12. The van der Waals surface area contributed by atoms with Gasteiger partial charge >= 0.3 is 0 Å². The van der Waals surface area contributed by atoms with Crippen LogP contribution in [0, 0.1) is 0 Å². The van der Waals surface area contributed by atoms with E-state index in [1.807, 2.05) is 6.07 Å². The largest absolute Gasteiger partial charge is 0.507 e. The van der Waals surface area contributed by atoms with E-state index >= 15 is 0 Å². The Morgan fingerprint density at radius 2 is 1.83 bits per heavy atom. The van der Waals surface area contributed by atoms with Gasteiger partial charge in [0, 0.05) is 11.6 Å². The molecule has 5 nitrogen and oxygen atoms in total. The lowest BCUT2D eigenvalue weighted by Gasteiger charge is -2.05. The quantitative estimate of drug-likeness (QED) is 0.524. The Labute approximate surface area is 147 Å². The molecule has 2 aromatic carbocycles. The summed E-state index contributed by atoms with van der Waals surface area (Å²) >= 11 is 6.39. The number of aliphatic hydroxyl groups is 1. The first kappa shape index (κ1) is 15.8. The number of rotatable bonds is 2. The van der Waals surface area contributed by atoms with E-state index in [9.17, 15) is 15.0 Å². The maximum Gasteiger partial charge on any atom is 0.274 e. The van der Waals surface area contributed by atoms with Gasteiger partial charge in [0.25, 0.3) is 5.56 Å². The van der Waals surface area contributed by atoms with Crippen molar-refractivity contribution in [2.45, 2.75) is 0 Å². The fourth-order valence-corrected chi connectivity index (χ4v) is 3.25. The Morgan fingerprint density at radius 3 is 2.52 bits per heavy atom. The summed E-state index contributed by atoms with van der Waals surface area (Å²) in [5, 5.41) is 20.0. The highest BCUT2D eigenvalue weighted by Crippen LogP contribution is 2.35. The summed E-state index contributed by atoms with van der Waals surface area (Å²) in [6, 6.07) is 10.2. The van der Waals surface area contributed by atoms with Crippen LogP contribution in [0.15, 0.2) is 50.1 Å². The fraction of sp³-hybridized carbons (Fsp3) is 0. The number of hydrogen-bond donors (Lipinski definition) is 3. The average Bonchev–Trinajstić information content (AvgIpc) is 2.52. The van der Waals surface area contributed by atoms with Gasteiger partial charge in [0.05, 0.1) is 20.0 Å². The van der Waals surface area contributed by atoms with Crippen LogP contribution >= 0.6 is 31.9 Å². The van der Waals surface area contributed by atoms with Crippen LogP contribution in [-0.2, 0) is 0 Å². The lowest BCUT2D eigenvalue weighted by Crippen LogP contribution is -2.12. The second-order valence-corrected chi connectivity index (χ2v) is 6.50. The Bertz CT molecular complexity index is 973. The van der Waals surface area contributed by atoms with Crippen LogP contribution in [-0.4, -0.2) is 20.2 Å². The number of nitrogens with one attached hydrogen (secondary N) is 1. The molecule has 116 valence electrons. The number of benzene rings is 2. The molecule has 0 spiro atoms. The number of nitrogens with zero attached hydrogens (tertiary/aromatic N) is 1. The number of phenols is 1. The highest BCUT2D eigenvalue weighted by Gasteiger charge is 2.10.